The maximum absolute atomic E-state index is 12.2. The lowest BCUT2D eigenvalue weighted by atomic mass is 10.0. The lowest BCUT2D eigenvalue weighted by molar-refractivity contribution is 0.0917. The first-order chi connectivity index (χ1) is 12.5. The molecule has 0 atom stereocenters. The number of amides is 1. The summed E-state index contributed by atoms with van der Waals surface area (Å²) in [5.74, 6) is 0.276. The van der Waals surface area contributed by atoms with Crippen molar-refractivity contribution in [2.45, 2.75) is 23.8 Å². The number of benzene rings is 1. The van der Waals surface area contributed by atoms with Gasteiger partial charge < -0.3 is 10.2 Å². The quantitative estimate of drug-likeness (QED) is 0.838. The third kappa shape index (κ3) is 3.05. The van der Waals surface area contributed by atoms with Gasteiger partial charge in [0.05, 0.1) is 0 Å². The number of sulfonamides is 1. The SMILES string of the molecule is O=C(NC1CCN(C2=NS(=O)(=O)c3ccccc32)CC1)c1ccncn1. The second kappa shape index (κ2) is 6.49. The highest BCUT2D eigenvalue weighted by molar-refractivity contribution is 7.90. The summed E-state index contributed by atoms with van der Waals surface area (Å²) in [4.78, 5) is 22.2. The lowest BCUT2D eigenvalue weighted by Crippen LogP contribution is -2.46. The first-order valence-electron chi connectivity index (χ1n) is 8.31. The monoisotopic (exact) mass is 371 g/mol. The van der Waals surface area contributed by atoms with Crippen molar-refractivity contribution in [3.63, 3.8) is 0 Å². The molecule has 134 valence electrons. The van der Waals surface area contributed by atoms with Gasteiger partial charge in [0.15, 0.2) is 5.84 Å². The van der Waals surface area contributed by atoms with Crippen LogP contribution in [0.4, 0.5) is 0 Å². The summed E-state index contributed by atoms with van der Waals surface area (Å²) < 4.78 is 28.3. The Morgan fingerprint density at radius 2 is 1.92 bits per heavy atom. The van der Waals surface area contributed by atoms with E-state index in [1.807, 2.05) is 11.0 Å². The number of rotatable bonds is 2. The van der Waals surface area contributed by atoms with Crippen LogP contribution in [-0.4, -0.2) is 54.2 Å². The van der Waals surface area contributed by atoms with E-state index in [9.17, 15) is 13.2 Å². The highest BCUT2D eigenvalue weighted by atomic mass is 32.2. The van der Waals surface area contributed by atoms with Crippen LogP contribution in [-0.2, 0) is 10.0 Å². The molecule has 26 heavy (non-hydrogen) atoms. The Hall–Kier alpha value is -2.81. The van der Waals surface area contributed by atoms with Crippen molar-refractivity contribution in [2.24, 2.45) is 4.40 Å². The fourth-order valence-electron chi connectivity index (χ4n) is 3.24. The van der Waals surface area contributed by atoms with Gasteiger partial charge in [-0.15, -0.1) is 4.40 Å². The van der Waals surface area contributed by atoms with Crippen LogP contribution in [0.15, 0.2) is 52.1 Å². The number of amidine groups is 1. The zero-order valence-electron chi connectivity index (χ0n) is 13.9. The molecule has 0 saturated carbocycles. The molecule has 1 N–H and O–H groups in total. The molecule has 3 heterocycles. The standard InChI is InChI=1S/C17H17N5O3S/c23-17(14-5-8-18-11-19-14)20-12-6-9-22(10-7-12)16-13-3-1-2-4-15(13)26(24,25)21-16/h1-5,8,11-12H,6-7,9-10H2,(H,20,23). The molecular weight excluding hydrogens is 354 g/mol. The van der Waals surface area contributed by atoms with Gasteiger partial charge in [-0.1, -0.05) is 12.1 Å². The molecule has 8 nitrogen and oxygen atoms in total. The summed E-state index contributed by atoms with van der Waals surface area (Å²) >= 11 is 0. The number of hydrogen-bond acceptors (Lipinski definition) is 6. The highest BCUT2D eigenvalue weighted by Gasteiger charge is 2.33. The van der Waals surface area contributed by atoms with Crippen molar-refractivity contribution in [1.29, 1.82) is 0 Å². The average Bonchev–Trinajstić information content (AvgIpc) is 2.95. The third-order valence-electron chi connectivity index (χ3n) is 4.56. The van der Waals surface area contributed by atoms with Crippen molar-refractivity contribution in [3.05, 3.63) is 54.1 Å². The van der Waals surface area contributed by atoms with Crippen LogP contribution < -0.4 is 5.32 Å². The number of aromatic nitrogens is 2. The number of carbonyl (C=O) groups excluding carboxylic acids is 1. The van der Waals surface area contributed by atoms with Gasteiger partial charge in [-0.05, 0) is 31.0 Å². The number of hydrogen-bond donors (Lipinski definition) is 1. The van der Waals surface area contributed by atoms with Crippen molar-refractivity contribution in [2.75, 3.05) is 13.1 Å². The summed E-state index contributed by atoms with van der Waals surface area (Å²) in [7, 11) is -3.61. The van der Waals surface area contributed by atoms with Crippen LogP contribution >= 0.6 is 0 Å². The highest BCUT2D eigenvalue weighted by Crippen LogP contribution is 2.28. The Labute approximate surface area is 151 Å². The molecule has 2 aromatic rings. The number of likely N-dealkylation sites (tertiary alicyclic amines) is 1. The number of fused-ring (bicyclic) bond motifs is 1. The molecule has 0 spiro atoms. The molecule has 1 amide bonds. The zero-order chi connectivity index (χ0) is 18.1. The van der Waals surface area contributed by atoms with Crippen molar-refractivity contribution in [3.8, 4) is 0 Å². The predicted octanol–water partition coefficient (Wildman–Crippen LogP) is 0.820. The molecule has 9 heteroatoms. The van der Waals surface area contributed by atoms with E-state index in [0.29, 0.717) is 43.0 Å². The van der Waals surface area contributed by atoms with Crippen LogP contribution in [0.1, 0.15) is 28.9 Å². The van der Waals surface area contributed by atoms with Crippen molar-refractivity contribution < 1.29 is 13.2 Å². The fraction of sp³-hybridized carbons (Fsp3) is 0.294. The fourth-order valence-corrected chi connectivity index (χ4v) is 4.46. The Morgan fingerprint density at radius 1 is 1.15 bits per heavy atom. The largest absolute Gasteiger partial charge is 0.355 e. The van der Waals surface area contributed by atoms with Gasteiger partial charge in [0, 0.05) is 30.9 Å². The Bertz CT molecular complexity index is 967. The number of nitrogens with one attached hydrogen (secondary N) is 1. The number of nitrogens with zero attached hydrogens (tertiary/aromatic N) is 4. The van der Waals surface area contributed by atoms with E-state index in [0.717, 1.165) is 0 Å². The van der Waals surface area contributed by atoms with E-state index in [2.05, 4.69) is 19.7 Å². The summed E-state index contributed by atoms with van der Waals surface area (Å²) in [6.45, 7) is 1.24. The lowest BCUT2D eigenvalue weighted by Gasteiger charge is -2.33. The van der Waals surface area contributed by atoms with Gasteiger partial charge in [-0.3, -0.25) is 4.79 Å². The zero-order valence-corrected chi connectivity index (χ0v) is 14.7. The maximum Gasteiger partial charge on any atom is 0.285 e. The minimum absolute atomic E-state index is 0.0163. The van der Waals surface area contributed by atoms with Crippen LogP contribution in [0.3, 0.4) is 0 Å². The summed E-state index contributed by atoms with van der Waals surface area (Å²) in [5.41, 5.74) is 0.985. The third-order valence-corrected chi connectivity index (χ3v) is 5.88. The maximum atomic E-state index is 12.2. The molecule has 0 unspecified atom stereocenters. The van der Waals surface area contributed by atoms with E-state index < -0.39 is 10.0 Å². The van der Waals surface area contributed by atoms with E-state index in [4.69, 9.17) is 0 Å². The second-order valence-corrected chi connectivity index (χ2v) is 7.79. The average molecular weight is 371 g/mol. The molecule has 0 bridgehead atoms. The van der Waals surface area contributed by atoms with Gasteiger partial charge in [0.25, 0.3) is 15.9 Å². The van der Waals surface area contributed by atoms with Gasteiger partial charge in [-0.2, -0.15) is 8.42 Å². The molecule has 1 fully saturated rings. The molecule has 0 aliphatic carbocycles. The van der Waals surface area contributed by atoms with E-state index in [-0.39, 0.29) is 16.8 Å². The molecule has 1 aromatic heterocycles. The number of carbonyl (C=O) groups is 1. The number of piperidine rings is 1. The molecule has 0 radical (unpaired) electrons. The molecule has 2 aliphatic heterocycles. The Morgan fingerprint density at radius 3 is 2.65 bits per heavy atom. The predicted molar refractivity (Wildman–Crippen MR) is 94.3 cm³/mol. The van der Waals surface area contributed by atoms with Gasteiger partial charge in [-0.25, -0.2) is 9.97 Å². The minimum Gasteiger partial charge on any atom is -0.355 e. The molecular formula is C17H17N5O3S. The molecule has 1 saturated heterocycles. The second-order valence-electron chi connectivity index (χ2n) is 6.22. The molecule has 2 aliphatic rings. The van der Waals surface area contributed by atoms with Crippen LogP contribution in [0.2, 0.25) is 0 Å². The van der Waals surface area contributed by atoms with E-state index >= 15 is 0 Å². The minimum atomic E-state index is -3.61. The summed E-state index contributed by atoms with van der Waals surface area (Å²) in [6, 6.07) is 8.45. The van der Waals surface area contributed by atoms with E-state index in [1.165, 1.54) is 12.5 Å². The van der Waals surface area contributed by atoms with Crippen LogP contribution in [0.25, 0.3) is 0 Å². The molecule has 4 rings (SSSR count). The Kier molecular flexibility index (Phi) is 4.15. The van der Waals surface area contributed by atoms with E-state index in [1.54, 1.807) is 24.3 Å². The Balaban J connectivity index is 1.43. The summed E-state index contributed by atoms with van der Waals surface area (Å²) in [6.07, 6.45) is 4.28. The summed E-state index contributed by atoms with van der Waals surface area (Å²) in [5, 5.41) is 2.97. The first kappa shape index (κ1) is 16.6. The topological polar surface area (TPSA) is 105 Å². The van der Waals surface area contributed by atoms with Gasteiger partial charge in [0.2, 0.25) is 0 Å². The van der Waals surface area contributed by atoms with Gasteiger partial charge >= 0.3 is 0 Å². The molecule has 1 aromatic carbocycles. The smallest absolute Gasteiger partial charge is 0.285 e. The first-order valence-corrected chi connectivity index (χ1v) is 9.75. The van der Waals surface area contributed by atoms with Crippen molar-refractivity contribution >= 4 is 21.8 Å². The van der Waals surface area contributed by atoms with Crippen molar-refractivity contribution in [1.82, 2.24) is 20.2 Å². The normalized spacial score (nSPS) is 18.9. The van der Waals surface area contributed by atoms with Gasteiger partial charge in [0.1, 0.15) is 16.9 Å². The van der Waals surface area contributed by atoms with Crippen LogP contribution in [0, 0.1) is 0 Å². The van der Waals surface area contributed by atoms with Crippen LogP contribution in [0.5, 0.6) is 0 Å².